The monoisotopic (exact) mass is 407 g/mol. The van der Waals surface area contributed by atoms with Gasteiger partial charge in [0, 0.05) is 36.3 Å². The molecule has 0 bridgehead atoms. The van der Waals surface area contributed by atoms with Gasteiger partial charge in [-0.15, -0.1) is 0 Å². The van der Waals surface area contributed by atoms with Crippen molar-refractivity contribution < 1.29 is 23.3 Å². The highest BCUT2D eigenvalue weighted by Gasteiger charge is 2.51. The lowest BCUT2D eigenvalue weighted by molar-refractivity contribution is -0.149. The normalized spacial score (nSPS) is 21.9. The first-order chi connectivity index (χ1) is 13.0. The highest BCUT2D eigenvalue weighted by Crippen LogP contribution is 2.30. The topological polar surface area (TPSA) is 111 Å². The van der Waals surface area contributed by atoms with Gasteiger partial charge in [-0.3, -0.25) is 9.59 Å². The highest BCUT2D eigenvalue weighted by molar-refractivity contribution is 7.91. The van der Waals surface area contributed by atoms with Gasteiger partial charge in [-0.05, 0) is 35.9 Å². The number of aliphatic hydroxyl groups is 1. The number of allylic oxidation sites excluding steroid dienone is 2. The van der Waals surface area contributed by atoms with E-state index >= 15 is 0 Å². The van der Waals surface area contributed by atoms with E-state index in [1.807, 2.05) is 0 Å². The molecule has 2 rings (SSSR count). The summed E-state index contributed by atoms with van der Waals surface area (Å²) >= 11 is 0. The Morgan fingerprint density at radius 3 is 2.82 bits per heavy atom. The molecule has 1 aromatic carbocycles. The quantitative estimate of drug-likeness (QED) is 0.474. The van der Waals surface area contributed by atoms with Crippen LogP contribution in [-0.2, 0) is 19.3 Å². The third-order valence-corrected chi connectivity index (χ3v) is 5.42. The highest BCUT2D eigenvalue weighted by atomic mass is 32.2. The lowest BCUT2D eigenvalue weighted by atomic mass is 10.0. The lowest BCUT2D eigenvalue weighted by Crippen LogP contribution is -2.52. The maximum atomic E-state index is 13.1. The molecular weight excluding hydrogens is 385 g/mol. The molecule has 1 heterocycles. The molecule has 1 aromatic rings. The fourth-order valence-corrected chi connectivity index (χ4v) is 3.38. The summed E-state index contributed by atoms with van der Waals surface area (Å²) in [5, 5.41) is 13.0. The molecule has 0 saturated carbocycles. The molecule has 1 saturated heterocycles. The SMILES string of the molecule is C=C/C(F)=C\C(=C)CNC(=O)[C@@]1(O)CCN(c2cccc([S@](C)(=N)=O)c2)C1=O. The van der Waals surface area contributed by atoms with Gasteiger partial charge in [-0.1, -0.05) is 19.2 Å². The molecule has 2 amide bonds. The van der Waals surface area contributed by atoms with Crippen molar-refractivity contribution in [3.05, 3.63) is 61.0 Å². The molecule has 0 aliphatic carbocycles. The predicted octanol–water partition coefficient (Wildman–Crippen LogP) is 1.90. The molecule has 3 N–H and O–H groups in total. The number of carbonyl (C=O) groups is 2. The molecule has 0 radical (unpaired) electrons. The van der Waals surface area contributed by atoms with Gasteiger partial charge in [0.15, 0.2) is 0 Å². The van der Waals surface area contributed by atoms with Gasteiger partial charge in [-0.2, -0.15) is 0 Å². The van der Waals surface area contributed by atoms with E-state index in [1.54, 1.807) is 12.1 Å². The third kappa shape index (κ3) is 4.55. The minimum Gasteiger partial charge on any atom is -0.372 e. The van der Waals surface area contributed by atoms with Crippen molar-refractivity contribution in [1.29, 1.82) is 4.78 Å². The van der Waals surface area contributed by atoms with E-state index in [9.17, 15) is 23.3 Å². The number of rotatable bonds is 7. The average Bonchev–Trinajstić information content (AvgIpc) is 2.95. The minimum absolute atomic E-state index is 0.0705. The van der Waals surface area contributed by atoms with E-state index in [2.05, 4.69) is 18.5 Å². The molecular formula is C19H22FN3O4S. The zero-order chi connectivity index (χ0) is 21.1. The van der Waals surface area contributed by atoms with Gasteiger partial charge in [0.1, 0.15) is 5.83 Å². The van der Waals surface area contributed by atoms with E-state index in [0.29, 0.717) is 5.69 Å². The number of benzene rings is 1. The molecule has 1 aliphatic rings. The second kappa shape index (κ2) is 8.07. The number of halogens is 1. The smallest absolute Gasteiger partial charge is 0.268 e. The van der Waals surface area contributed by atoms with Crippen molar-refractivity contribution in [3.63, 3.8) is 0 Å². The Hall–Kier alpha value is -2.78. The molecule has 9 heteroatoms. The van der Waals surface area contributed by atoms with Crippen molar-refractivity contribution in [1.82, 2.24) is 5.32 Å². The molecule has 0 aromatic heterocycles. The van der Waals surface area contributed by atoms with Crippen LogP contribution in [0.3, 0.4) is 0 Å². The zero-order valence-corrected chi connectivity index (χ0v) is 16.2. The summed E-state index contributed by atoms with van der Waals surface area (Å²) in [6.45, 7) is 6.76. The summed E-state index contributed by atoms with van der Waals surface area (Å²) in [5.74, 6) is -2.36. The van der Waals surface area contributed by atoms with Crippen molar-refractivity contribution >= 4 is 27.2 Å². The molecule has 2 atom stereocenters. The van der Waals surface area contributed by atoms with Crippen LogP contribution in [0.5, 0.6) is 0 Å². The number of nitrogens with zero attached hydrogens (tertiary/aromatic N) is 1. The Morgan fingerprint density at radius 2 is 2.21 bits per heavy atom. The van der Waals surface area contributed by atoms with E-state index in [4.69, 9.17) is 4.78 Å². The second-order valence-electron chi connectivity index (χ2n) is 6.48. The van der Waals surface area contributed by atoms with E-state index in [0.717, 1.165) is 12.2 Å². The van der Waals surface area contributed by atoms with Crippen LogP contribution >= 0.6 is 0 Å². The summed E-state index contributed by atoms with van der Waals surface area (Å²) in [6, 6.07) is 6.07. The zero-order valence-electron chi connectivity index (χ0n) is 15.4. The number of hydrogen-bond acceptors (Lipinski definition) is 5. The number of carbonyl (C=O) groups excluding carboxylic acids is 2. The van der Waals surface area contributed by atoms with Crippen molar-refractivity contribution in [2.24, 2.45) is 0 Å². The van der Waals surface area contributed by atoms with Gasteiger partial charge < -0.3 is 15.3 Å². The Balaban J connectivity index is 2.15. The minimum atomic E-state index is -2.98. The van der Waals surface area contributed by atoms with E-state index in [1.165, 1.54) is 23.3 Å². The summed E-state index contributed by atoms with van der Waals surface area (Å²) in [5.41, 5.74) is -1.70. The largest absolute Gasteiger partial charge is 0.372 e. The van der Waals surface area contributed by atoms with Gasteiger partial charge in [0.05, 0.1) is 9.73 Å². The van der Waals surface area contributed by atoms with Crippen LogP contribution in [-0.4, -0.2) is 46.1 Å². The number of nitrogens with one attached hydrogen (secondary N) is 2. The Morgan fingerprint density at radius 1 is 1.54 bits per heavy atom. The first kappa shape index (κ1) is 21.5. The maximum absolute atomic E-state index is 13.1. The second-order valence-corrected chi connectivity index (χ2v) is 8.64. The van der Waals surface area contributed by atoms with Crippen LogP contribution in [0, 0.1) is 4.78 Å². The number of amides is 2. The van der Waals surface area contributed by atoms with Crippen LogP contribution in [0.15, 0.2) is 65.9 Å². The van der Waals surface area contributed by atoms with Gasteiger partial charge in [-0.25, -0.2) is 13.4 Å². The van der Waals surface area contributed by atoms with E-state index in [-0.39, 0.29) is 30.0 Å². The Labute approximate surface area is 163 Å². The fourth-order valence-electron chi connectivity index (χ4n) is 2.70. The molecule has 0 unspecified atom stereocenters. The predicted molar refractivity (Wildman–Crippen MR) is 105 cm³/mol. The van der Waals surface area contributed by atoms with Crippen molar-refractivity contribution in [2.75, 3.05) is 24.2 Å². The summed E-state index contributed by atoms with van der Waals surface area (Å²) < 4.78 is 32.7. The molecule has 1 fully saturated rings. The molecule has 1 aliphatic heterocycles. The van der Waals surface area contributed by atoms with Crippen LogP contribution in [0.4, 0.5) is 10.1 Å². The number of anilines is 1. The van der Waals surface area contributed by atoms with Crippen LogP contribution < -0.4 is 10.2 Å². The molecule has 7 nitrogen and oxygen atoms in total. The van der Waals surface area contributed by atoms with Gasteiger partial charge in [0.2, 0.25) is 5.60 Å². The first-order valence-corrected chi connectivity index (χ1v) is 10.3. The maximum Gasteiger partial charge on any atom is 0.268 e. The van der Waals surface area contributed by atoms with Gasteiger partial charge >= 0.3 is 0 Å². The Bertz CT molecular complexity index is 971. The first-order valence-electron chi connectivity index (χ1n) is 8.33. The number of hydrogen-bond donors (Lipinski definition) is 3. The van der Waals surface area contributed by atoms with Crippen LogP contribution in [0.1, 0.15) is 6.42 Å². The van der Waals surface area contributed by atoms with Gasteiger partial charge in [0.25, 0.3) is 11.8 Å². The fraction of sp³-hybridized carbons (Fsp3) is 0.263. The van der Waals surface area contributed by atoms with Crippen LogP contribution in [0.25, 0.3) is 0 Å². The molecule has 28 heavy (non-hydrogen) atoms. The van der Waals surface area contributed by atoms with E-state index < -0.39 is 33.0 Å². The summed E-state index contributed by atoms with van der Waals surface area (Å²) in [7, 11) is -2.98. The Kier molecular flexibility index (Phi) is 6.20. The van der Waals surface area contributed by atoms with Crippen molar-refractivity contribution in [3.8, 4) is 0 Å². The third-order valence-electron chi connectivity index (χ3n) is 4.26. The summed E-state index contributed by atoms with van der Waals surface area (Å²) in [6.07, 6.45) is 3.18. The average molecular weight is 407 g/mol. The standard InChI is InChI=1S/C19H22FN3O4S/c1-4-14(20)10-13(2)12-22-17(24)19(26)8-9-23(18(19)25)15-6-5-7-16(11-15)28(3,21)27/h4-7,10-11,21,26H,1-2,8-9,12H2,3H3,(H,22,24)/b14-10+/t19-,28+/m0/s1. The lowest BCUT2D eigenvalue weighted by Gasteiger charge is -2.22. The summed E-state index contributed by atoms with van der Waals surface area (Å²) in [4.78, 5) is 26.5. The van der Waals surface area contributed by atoms with Crippen LogP contribution in [0.2, 0.25) is 0 Å². The van der Waals surface area contributed by atoms with Crippen molar-refractivity contribution in [2.45, 2.75) is 16.9 Å². The molecule has 0 spiro atoms. The molecule has 150 valence electrons.